The van der Waals surface area contributed by atoms with Gasteiger partial charge < -0.3 is 24.7 Å². The molecule has 11 heteroatoms. The maximum Gasteiger partial charge on any atom is 0.408 e. The van der Waals surface area contributed by atoms with Gasteiger partial charge in [-0.05, 0) is 62.5 Å². The number of alkyl halides is 1. The van der Waals surface area contributed by atoms with Crippen LogP contribution in [0, 0.1) is 17.3 Å². The first-order chi connectivity index (χ1) is 21.3. The van der Waals surface area contributed by atoms with Gasteiger partial charge in [-0.1, -0.05) is 47.0 Å². The molecular weight excluding hydrogens is 579 g/mol. The maximum atomic E-state index is 13.7. The molecule has 1 aromatic carbocycles. The Kier molecular flexibility index (Phi) is 10.9. The first kappa shape index (κ1) is 34.4. The van der Waals surface area contributed by atoms with Gasteiger partial charge in [0.15, 0.2) is 5.78 Å². The van der Waals surface area contributed by atoms with E-state index < -0.39 is 35.9 Å². The fourth-order valence-corrected chi connectivity index (χ4v) is 6.85. The van der Waals surface area contributed by atoms with Gasteiger partial charge >= 0.3 is 6.09 Å². The third-order valence-corrected chi connectivity index (χ3v) is 9.55. The minimum absolute atomic E-state index is 0.0333. The second-order valence-corrected chi connectivity index (χ2v) is 13.8. The fraction of sp³-hybridized carbons (Fsp3) is 0.676. The summed E-state index contributed by atoms with van der Waals surface area (Å²) in [7, 11) is 1.57. The molecule has 5 atom stereocenters. The number of aromatic amines is 1. The van der Waals surface area contributed by atoms with Crippen molar-refractivity contribution >= 4 is 28.8 Å². The van der Waals surface area contributed by atoms with Crippen molar-refractivity contribution in [2.45, 2.75) is 110 Å². The van der Waals surface area contributed by atoms with Crippen LogP contribution in [-0.2, 0) is 20.7 Å². The Bertz CT molecular complexity index is 1440. The summed E-state index contributed by atoms with van der Waals surface area (Å²) in [4.78, 5) is 60.9. The van der Waals surface area contributed by atoms with Crippen LogP contribution in [0.3, 0.4) is 0 Å². The number of ketones is 1. The van der Waals surface area contributed by atoms with Gasteiger partial charge in [0.05, 0.1) is 30.9 Å². The van der Waals surface area contributed by atoms with E-state index in [4.69, 9.17) is 9.47 Å². The van der Waals surface area contributed by atoms with Crippen LogP contribution < -0.4 is 15.6 Å². The van der Waals surface area contributed by atoms with Gasteiger partial charge in [0.2, 0.25) is 5.91 Å². The molecule has 2 amide bonds. The molecule has 1 aliphatic heterocycles. The molecule has 0 bridgehead atoms. The number of likely N-dealkylation sites (tertiary alicyclic amines) is 1. The van der Waals surface area contributed by atoms with E-state index in [9.17, 15) is 23.6 Å². The maximum absolute atomic E-state index is 13.7. The van der Waals surface area contributed by atoms with Gasteiger partial charge in [-0.3, -0.25) is 18.8 Å². The largest absolute Gasteiger partial charge is 0.497 e. The minimum Gasteiger partial charge on any atom is -0.497 e. The Hall–Kier alpha value is -3.50. The zero-order chi connectivity index (χ0) is 32.9. The number of benzene rings is 1. The molecule has 2 N–H and O–H groups in total. The molecule has 1 saturated heterocycles. The average molecular weight is 629 g/mol. The van der Waals surface area contributed by atoms with Crippen LogP contribution in [0.25, 0.3) is 11.0 Å². The molecule has 1 aliphatic carbocycles. The number of methoxy groups -OCH3 is 1. The van der Waals surface area contributed by atoms with Crippen molar-refractivity contribution in [3.05, 3.63) is 34.2 Å². The highest BCUT2D eigenvalue weighted by atomic mass is 19.1. The van der Waals surface area contributed by atoms with Crippen molar-refractivity contribution in [3.63, 3.8) is 0 Å². The summed E-state index contributed by atoms with van der Waals surface area (Å²) in [5, 5.41) is 2.79. The number of aryl methyl sites for hydroxylation is 1. The van der Waals surface area contributed by atoms with Gasteiger partial charge in [0.1, 0.15) is 23.1 Å². The van der Waals surface area contributed by atoms with Crippen LogP contribution >= 0.6 is 0 Å². The number of unbranched alkanes of at least 4 members (excludes halogenated alkanes) is 2. The molecule has 2 fully saturated rings. The molecule has 4 rings (SSSR count). The number of nitrogens with one attached hydrogen (secondary N) is 2. The lowest BCUT2D eigenvalue weighted by atomic mass is 9.85. The van der Waals surface area contributed by atoms with Gasteiger partial charge in [0, 0.05) is 24.9 Å². The molecule has 0 radical (unpaired) electrons. The van der Waals surface area contributed by atoms with E-state index in [0.717, 1.165) is 38.5 Å². The number of carbonyl (C=O) groups is 3. The molecule has 1 saturated carbocycles. The summed E-state index contributed by atoms with van der Waals surface area (Å²) in [5.41, 5.74) is 0.0948. The Morgan fingerprint density at radius 2 is 1.98 bits per heavy atom. The van der Waals surface area contributed by atoms with Gasteiger partial charge in [-0.2, -0.15) is 0 Å². The van der Waals surface area contributed by atoms with E-state index in [-0.39, 0.29) is 35.5 Å². The summed E-state index contributed by atoms with van der Waals surface area (Å²) in [6.07, 6.45) is 5.27. The number of alkyl carbamates (subject to hydrolysis) is 1. The predicted octanol–water partition coefficient (Wildman–Crippen LogP) is 5.51. The Balaban J connectivity index is 1.30. The number of halogens is 1. The first-order valence-corrected chi connectivity index (χ1v) is 16.3. The van der Waals surface area contributed by atoms with E-state index in [1.807, 2.05) is 33.8 Å². The molecule has 2 aliphatic rings. The van der Waals surface area contributed by atoms with E-state index in [1.165, 1.54) is 6.92 Å². The molecule has 2 aromatic rings. The van der Waals surface area contributed by atoms with Crippen LogP contribution in [0.1, 0.15) is 91.7 Å². The number of ether oxygens (including phenoxy) is 2. The van der Waals surface area contributed by atoms with Crippen molar-refractivity contribution < 1.29 is 28.2 Å². The topological polar surface area (TPSA) is 131 Å². The van der Waals surface area contributed by atoms with Gasteiger partial charge in [-0.25, -0.2) is 9.78 Å². The molecule has 248 valence electrons. The van der Waals surface area contributed by atoms with Crippen LogP contribution in [0.15, 0.2) is 23.0 Å². The van der Waals surface area contributed by atoms with E-state index in [2.05, 4.69) is 15.3 Å². The van der Waals surface area contributed by atoms with Crippen LogP contribution in [0.5, 0.6) is 5.75 Å². The standard InChI is InChI=1S/C34H49FN4O6/c1-7-22-15-18-39(28(22)21(2)40)31(42)29(33(3,4)5)38-32(43)45-34(16-17-35)20-23(34)11-9-8-10-12-26-30(41)37-27-19-24(44-6)13-14-25(27)36-26/h13-14,19,22-23,28-29H,7-12,15-18,20H2,1-6H3,(H,37,41)(H,38,43). The number of hydrogen-bond acceptors (Lipinski definition) is 7. The quantitative estimate of drug-likeness (QED) is 0.264. The number of rotatable bonds is 14. The van der Waals surface area contributed by atoms with Gasteiger partial charge in [-0.15, -0.1) is 0 Å². The zero-order valence-electron chi connectivity index (χ0n) is 27.5. The second-order valence-electron chi connectivity index (χ2n) is 13.8. The number of hydrogen-bond donors (Lipinski definition) is 2. The average Bonchev–Trinajstić information content (AvgIpc) is 3.44. The highest BCUT2D eigenvalue weighted by Crippen LogP contribution is 2.52. The van der Waals surface area contributed by atoms with Crippen LogP contribution in [-0.4, -0.2) is 70.7 Å². The summed E-state index contributed by atoms with van der Waals surface area (Å²) in [5.74, 6) is 0.448. The molecule has 5 unspecified atom stereocenters. The van der Waals surface area contributed by atoms with Crippen molar-refractivity contribution in [2.75, 3.05) is 20.3 Å². The predicted molar refractivity (Wildman–Crippen MR) is 170 cm³/mol. The van der Waals surface area contributed by atoms with Crippen LogP contribution in [0.2, 0.25) is 0 Å². The number of amides is 2. The molecule has 45 heavy (non-hydrogen) atoms. The number of aromatic nitrogens is 2. The molecule has 10 nitrogen and oxygen atoms in total. The lowest BCUT2D eigenvalue weighted by Crippen LogP contribution is -2.57. The molecular formula is C34H49FN4O6. The summed E-state index contributed by atoms with van der Waals surface area (Å²) < 4.78 is 24.7. The summed E-state index contributed by atoms with van der Waals surface area (Å²) in [6.45, 7) is 8.98. The van der Waals surface area contributed by atoms with E-state index >= 15 is 0 Å². The van der Waals surface area contributed by atoms with Gasteiger partial charge in [0.25, 0.3) is 5.56 Å². The molecule has 2 heterocycles. The Morgan fingerprint density at radius 1 is 1.22 bits per heavy atom. The van der Waals surface area contributed by atoms with Crippen molar-refractivity contribution in [1.29, 1.82) is 0 Å². The zero-order valence-corrected chi connectivity index (χ0v) is 27.5. The number of H-pyrrole nitrogens is 1. The lowest BCUT2D eigenvalue weighted by molar-refractivity contribution is -0.141. The monoisotopic (exact) mass is 628 g/mol. The minimum atomic E-state index is -0.893. The first-order valence-electron chi connectivity index (χ1n) is 16.3. The molecule has 0 spiro atoms. The fourth-order valence-electron chi connectivity index (χ4n) is 6.85. The van der Waals surface area contributed by atoms with Crippen molar-refractivity contribution in [3.8, 4) is 5.75 Å². The number of nitrogens with zero attached hydrogens (tertiary/aromatic N) is 2. The highest BCUT2D eigenvalue weighted by molar-refractivity contribution is 5.92. The number of fused-ring (bicyclic) bond motifs is 1. The Labute approximate surface area is 264 Å². The number of Topliss-reactive ketones (excluding diaryl/α,β-unsaturated/α-hetero) is 1. The third kappa shape index (κ3) is 8.02. The SMILES string of the molecule is CCC1CCN(C(=O)C(NC(=O)OC2(CCF)CC2CCCCCc2nc3ccc(OC)cc3[nH]c2=O)C(C)(C)C)C1C(C)=O. The van der Waals surface area contributed by atoms with E-state index in [1.54, 1.807) is 24.1 Å². The normalized spacial score (nSPS) is 23.5. The third-order valence-electron chi connectivity index (χ3n) is 9.55. The number of carbonyl (C=O) groups excluding carboxylic acids is 3. The summed E-state index contributed by atoms with van der Waals surface area (Å²) >= 11 is 0. The van der Waals surface area contributed by atoms with E-state index in [0.29, 0.717) is 41.9 Å². The highest BCUT2D eigenvalue weighted by Gasteiger charge is 2.57. The van der Waals surface area contributed by atoms with Crippen molar-refractivity contribution in [1.82, 2.24) is 20.2 Å². The van der Waals surface area contributed by atoms with Crippen LogP contribution in [0.4, 0.5) is 9.18 Å². The second kappa shape index (κ2) is 14.3. The Morgan fingerprint density at radius 3 is 2.62 bits per heavy atom. The smallest absolute Gasteiger partial charge is 0.408 e. The summed E-state index contributed by atoms with van der Waals surface area (Å²) in [6, 6.07) is 3.98. The molecule has 1 aromatic heterocycles. The van der Waals surface area contributed by atoms with Crippen molar-refractivity contribution in [2.24, 2.45) is 17.3 Å². The lowest BCUT2D eigenvalue weighted by Gasteiger charge is -2.36.